The predicted molar refractivity (Wildman–Crippen MR) is 190 cm³/mol. The standard InChI is InChI=1S/C38H47N3O12/c1-21-15-28-34(40-38(48)51-19-26-11-13-27(14-12-26)53-25(5)43)30(44)18-29(36(28)46)39-37(47)22(2)9-8-10-31(49-6)33(41-52-20-42)23(3)17-24(4)35(45)32(16-21)50-7/h8-14,17-18,20-21,24,31-33,35,41,45H,15-16,19H2,1-7H3,(H,39,47)(H,40,48)/b10-8-,22-9+,23-17+/t21-,24+,31+,32+,33+,35-/m1/s1. The van der Waals surface area contributed by atoms with Crippen molar-refractivity contribution in [3.05, 3.63) is 88.3 Å². The molecule has 1 aromatic rings. The van der Waals surface area contributed by atoms with Gasteiger partial charge in [-0.05, 0) is 50.3 Å². The topological polar surface area (TPSA) is 205 Å². The summed E-state index contributed by atoms with van der Waals surface area (Å²) in [6.45, 7) is 8.18. The van der Waals surface area contributed by atoms with Crippen molar-refractivity contribution in [1.82, 2.24) is 16.1 Å². The van der Waals surface area contributed by atoms with Gasteiger partial charge in [-0.1, -0.05) is 55.9 Å². The van der Waals surface area contributed by atoms with Gasteiger partial charge >= 0.3 is 18.5 Å². The molecule has 3 rings (SSSR count). The number of ketones is 2. The Morgan fingerprint density at radius 1 is 1.06 bits per heavy atom. The highest BCUT2D eigenvalue weighted by atomic mass is 16.7. The number of hydrogen-bond acceptors (Lipinski definition) is 13. The second kappa shape index (κ2) is 20.1. The Balaban J connectivity index is 1.97. The average molecular weight is 738 g/mol. The minimum absolute atomic E-state index is 0.0387. The summed E-state index contributed by atoms with van der Waals surface area (Å²) in [5.74, 6) is -3.13. The summed E-state index contributed by atoms with van der Waals surface area (Å²) in [5.41, 5.74) is 3.41. The van der Waals surface area contributed by atoms with Crippen LogP contribution < -0.4 is 20.9 Å². The van der Waals surface area contributed by atoms with Crippen LogP contribution in [-0.2, 0) is 49.6 Å². The molecule has 0 radical (unpaired) electrons. The van der Waals surface area contributed by atoms with Crippen molar-refractivity contribution < 1.29 is 57.7 Å². The molecule has 0 saturated heterocycles. The average Bonchev–Trinajstić information content (AvgIpc) is 3.11. The van der Waals surface area contributed by atoms with E-state index in [0.29, 0.717) is 16.9 Å². The van der Waals surface area contributed by atoms with E-state index in [0.717, 1.165) is 6.08 Å². The number of esters is 1. The SMILES string of the molecule is CO[C@H]1/C=C\C=C(/C)C(=O)NC2=CC(=O)C(NC(=O)OCc3ccc(OC(C)=O)cc3)=C(C[C@@H](C)C[C@H](OC)[C@H](O)[C@@H](C)/C=C(\C)[C@@H]1NOC=O)C2=O. The molecular formula is C38H47N3O12. The number of ether oxygens (including phenoxy) is 4. The van der Waals surface area contributed by atoms with Crippen LogP contribution in [0.3, 0.4) is 0 Å². The number of aliphatic hydroxyl groups is 1. The van der Waals surface area contributed by atoms with Gasteiger partial charge in [0.05, 0.1) is 35.7 Å². The molecular weight excluding hydrogens is 690 g/mol. The minimum Gasteiger partial charge on any atom is -0.444 e. The molecule has 1 aliphatic heterocycles. The fourth-order valence-electron chi connectivity index (χ4n) is 5.84. The Bertz CT molecular complexity index is 1690. The predicted octanol–water partition coefficient (Wildman–Crippen LogP) is 3.20. The molecule has 2 bridgehead atoms. The number of benzene rings is 1. The summed E-state index contributed by atoms with van der Waals surface area (Å²) < 4.78 is 21.6. The number of rotatable bonds is 9. The van der Waals surface area contributed by atoms with Gasteiger partial charge in [0.1, 0.15) is 12.4 Å². The van der Waals surface area contributed by atoms with Crippen LogP contribution in [-0.4, -0.2) is 79.7 Å². The lowest BCUT2D eigenvalue weighted by molar-refractivity contribution is -0.138. The van der Waals surface area contributed by atoms with Crippen LogP contribution in [0.2, 0.25) is 0 Å². The number of hydroxylamine groups is 1. The van der Waals surface area contributed by atoms with Crippen molar-refractivity contribution in [2.24, 2.45) is 11.8 Å². The van der Waals surface area contributed by atoms with Gasteiger partial charge in [-0.15, -0.1) is 5.48 Å². The highest BCUT2D eigenvalue weighted by Crippen LogP contribution is 2.29. The highest BCUT2D eigenvalue weighted by molar-refractivity contribution is 6.24. The first-order valence-electron chi connectivity index (χ1n) is 16.9. The smallest absolute Gasteiger partial charge is 0.412 e. The summed E-state index contributed by atoms with van der Waals surface area (Å²) in [5, 5.41) is 16.3. The second-order valence-electron chi connectivity index (χ2n) is 12.8. The van der Waals surface area contributed by atoms with Crippen LogP contribution in [0.4, 0.5) is 4.79 Å². The van der Waals surface area contributed by atoms with Crippen molar-refractivity contribution in [2.45, 2.75) is 78.4 Å². The van der Waals surface area contributed by atoms with Gasteiger partial charge in [0.2, 0.25) is 11.6 Å². The molecule has 53 heavy (non-hydrogen) atoms. The van der Waals surface area contributed by atoms with Crippen molar-refractivity contribution in [3.63, 3.8) is 0 Å². The summed E-state index contributed by atoms with van der Waals surface area (Å²) in [6.07, 6.45) is 4.11. The number of nitrogens with one attached hydrogen (secondary N) is 3. The summed E-state index contributed by atoms with van der Waals surface area (Å²) in [4.78, 5) is 80.5. The molecule has 1 aromatic carbocycles. The summed E-state index contributed by atoms with van der Waals surface area (Å²) in [6, 6.07) is 5.57. The molecule has 0 aromatic heterocycles. The lowest BCUT2D eigenvalue weighted by atomic mass is 9.85. The molecule has 286 valence electrons. The van der Waals surface area contributed by atoms with Crippen LogP contribution in [0.15, 0.2) is 82.8 Å². The summed E-state index contributed by atoms with van der Waals surface area (Å²) in [7, 11) is 2.90. The van der Waals surface area contributed by atoms with E-state index in [9.17, 15) is 33.9 Å². The Morgan fingerprint density at radius 3 is 2.38 bits per heavy atom. The third-order valence-corrected chi connectivity index (χ3v) is 8.65. The first kappa shape index (κ1) is 42.2. The quantitative estimate of drug-likeness (QED) is 0.0719. The Hall–Kier alpha value is -5.22. The molecule has 0 unspecified atom stereocenters. The maximum absolute atomic E-state index is 13.9. The zero-order valence-corrected chi connectivity index (χ0v) is 30.8. The van der Waals surface area contributed by atoms with Gasteiger partial charge in [-0.25, -0.2) is 4.79 Å². The first-order chi connectivity index (χ1) is 25.2. The fourth-order valence-corrected chi connectivity index (χ4v) is 5.84. The Labute approximate surface area is 308 Å². The van der Waals surface area contributed by atoms with E-state index in [1.807, 2.05) is 0 Å². The third-order valence-electron chi connectivity index (χ3n) is 8.65. The molecule has 1 aliphatic carbocycles. The highest BCUT2D eigenvalue weighted by Gasteiger charge is 2.34. The van der Waals surface area contributed by atoms with Crippen molar-refractivity contribution in [1.29, 1.82) is 0 Å². The molecule has 15 nitrogen and oxygen atoms in total. The van der Waals surface area contributed by atoms with Gasteiger partial charge < -0.3 is 34.2 Å². The number of carbonyl (C=O) groups excluding carboxylic acids is 6. The Kier molecular flexibility index (Phi) is 16.0. The largest absolute Gasteiger partial charge is 0.444 e. The van der Waals surface area contributed by atoms with E-state index in [1.165, 1.54) is 46.3 Å². The number of fused-ring (bicyclic) bond motifs is 2. The first-order valence-corrected chi connectivity index (χ1v) is 16.9. The van der Waals surface area contributed by atoms with Crippen LogP contribution in [0.1, 0.15) is 53.0 Å². The van der Waals surface area contributed by atoms with Gasteiger partial charge in [0.25, 0.3) is 5.91 Å². The van der Waals surface area contributed by atoms with Crippen molar-refractivity contribution in [2.75, 3.05) is 14.2 Å². The second-order valence-corrected chi connectivity index (χ2v) is 12.8. The molecule has 1 heterocycles. The van der Waals surface area contributed by atoms with E-state index >= 15 is 0 Å². The molecule has 0 spiro atoms. The lowest BCUT2D eigenvalue weighted by Crippen LogP contribution is -2.41. The normalized spacial score (nSPS) is 27.2. The number of amides is 2. The number of alkyl carbamates (subject to hydrolysis) is 1. The van der Waals surface area contributed by atoms with Crippen molar-refractivity contribution in [3.8, 4) is 5.75 Å². The minimum atomic E-state index is -1.03. The number of allylic oxidation sites excluding steroid dienone is 4. The van der Waals surface area contributed by atoms with E-state index in [4.69, 9.17) is 23.8 Å². The fraction of sp³-hybridized carbons (Fsp3) is 0.421. The molecule has 2 amide bonds. The van der Waals surface area contributed by atoms with Gasteiger partial charge in [0.15, 0.2) is 0 Å². The maximum atomic E-state index is 13.9. The van der Waals surface area contributed by atoms with E-state index < -0.39 is 65.7 Å². The molecule has 6 atom stereocenters. The molecule has 0 saturated carbocycles. The van der Waals surface area contributed by atoms with Crippen LogP contribution in [0.25, 0.3) is 0 Å². The number of aliphatic hydroxyl groups excluding tert-OH is 1. The maximum Gasteiger partial charge on any atom is 0.412 e. The van der Waals surface area contributed by atoms with E-state index in [-0.39, 0.29) is 48.5 Å². The van der Waals surface area contributed by atoms with Gasteiger partial charge in [0, 0.05) is 44.3 Å². The number of Topliss-reactive ketones (excluding diaryl/α,β-unsaturated/α-hetero) is 1. The molecule has 15 heteroatoms. The summed E-state index contributed by atoms with van der Waals surface area (Å²) >= 11 is 0. The number of carbonyl (C=O) groups is 6. The number of methoxy groups -OCH3 is 2. The molecule has 4 N–H and O–H groups in total. The van der Waals surface area contributed by atoms with E-state index in [1.54, 1.807) is 51.1 Å². The zero-order valence-electron chi connectivity index (χ0n) is 30.8. The van der Waals surface area contributed by atoms with Crippen molar-refractivity contribution >= 4 is 36.0 Å². The molecule has 2 aliphatic rings. The van der Waals surface area contributed by atoms with Gasteiger partial charge in [-0.2, -0.15) is 0 Å². The van der Waals surface area contributed by atoms with Gasteiger partial charge in [-0.3, -0.25) is 29.3 Å². The monoisotopic (exact) mass is 737 g/mol. The molecule has 0 fully saturated rings. The van der Waals surface area contributed by atoms with Crippen LogP contribution in [0.5, 0.6) is 5.75 Å². The third kappa shape index (κ3) is 12.2. The zero-order chi connectivity index (χ0) is 39.2. The Morgan fingerprint density at radius 2 is 1.75 bits per heavy atom. The van der Waals surface area contributed by atoms with Crippen LogP contribution >= 0.6 is 0 Å². The van der Waals surface area contributed by atoms with E-state index in [2.05, 4.69) is 16.1 Å². The van der Waals surface area contributed by atoms with Crippen LogP contribution in [0, 0.1) is 11.8 Å². The number of hydrogen-bond donors (Lipinski definition) is 4. The lowest BCUT2D eigenvalue weighted by Gasteiger charge is -2.30.